The summed E-state index contributed by atoms with van der Waals surface area (Å²) in [6.07, 6.45) is 1.66. The maximum absolute atomic E-state index is 13.4. The molecule has 0 saturated heterocycles. The summed E-state index contributed by atoms with van der Waals surface area (Å²) >= 11 is 1.26. The second-order valence-corrected chi connectivity index (χ2v) is 9.31. The Hall–Kier alpha value is -3.38. The van der Waals surface area contributed by atoms with E-state index in [2.05, 4.69) is 20.1 Å². The Bertz CT molecular complexity index is 1380. The van der Waals surface area contributed by atoms with Gasteiger partial charge in [-0.2, -0.15) is 0 Å². The number of hydrogen-bond acceptors (Lipinski definition) is 9. The lowest BCUT2D eigenvalue weighted by molar-refractivity contribution is 0.479. The second kappa shape index (κ2) is 7.39. The largest absolute Gasteiger partial charge is 0.505 e. The molecular formula is C20H17N5O4S2. The van der Waals surface area contributed by atoms with Gasteiger partial charge in [-0.3, -0.25) is 18.9 Å². The average molecular weight is 456 g/mol. The van der Waals surface area contributed by atoms with E-state index >= 15 is 0 Å². The molecule has 4 aromatic rings. The number of hydrogen-bond donors (Lipinski definition) is 5. The molecular weight excluding hydrogens is 438 g/mol. The molecule has 0 fully saturated rings. The van der Waals surface area contributed by atoms with Gasteiger partial charge in [0.05, 0.1) is 28.1 Å². The molecule has 31 heavy (non-hydrogen) atoms. The molecule has 5 rings (SSSR count). The SMILES string of the molecule is O=c1c(C2=NS(O)(O)c3ccccc3N2)c(O)c2sccc2n1NCc1ccccn1. The molecule has 0 spiro atoms. The van der Waals surface area contributed by atoms with Crippen LogP contribution >= 0.6 is 22.1 Å². The summed E-state index contributed by atoms with van der Waals surface area (Å²) in [5, 5.41) is 15.6. The van der Waals surface area contributed by atoms with Crippen molar-refractivity contribution in [1.82, 2.24) is 9.66 Å². The maximum Gasteiger partial charge on any atom is 0.284 e. The highest BCUT2D eigenvalue weighted by atomic mass is 32.3. The predicted octanol–water partition coefficient (Wildman–Crippen LogP) is 3.80. The molecule has 0 amide bonds. The van der Waals surface area contributed by atoms with Crippen LogP contribution in [0.5, 0.6) is 5.75 Å². The van der Waals surface area contributed by atoms with Gasteiger partial charge in [0.15, 0.2) is 11.6 Å². The Morgan fingerprint density at radius 2 is 1.94 bits per heavy atom. The van der Waals surface area contributed by atoms with E-state index in [0.29, 0.717) is 15.9 Å². The zero-order chi connectivity index (χ0) is 21.6. The third kappa shape index (κ3) is 3.33. The second-order valence-electron chi connectivity index (χ2n) is 6.73. The lowest BCUT2D eigenvalue weighted by Crippen LogP contribution is -2.35. The number of anilines is 1. The van der Waals surface area contributed by atoms with Gasteiger partial charge in [0, 0.05) is 6.20 Å². The van der Waals surface area contributed by atoms with Gasteiger partial charge in [0.2, 0.25) is 0 Å². The summed E-state index contributed by atoms with van der Waals surface area (Å²) in [4.78, 5) is 17.9. The first kappa shape index (κ1) is 19.6. The van der Waals surface area contributed by atoms with Crippen LogP contribution in [0.1, 0.15) is 11.3 Å². The van der Waals surface area contributed by atoms with Crippen molar-refractivity contribution < 1.29 is 14.2 Å². The van der Waals surface area contributed by atoms with Crippen molar-refractivity contribution in [2.45, 2.75) is 11.4 Å². The lowest BCUT2D eigenvalue weighted by atomic mass is 10.2. The molecule has 0 radical (unpaired) electrons. The monoisotopic (exact) mass is 455 g/mol. The lowest BCUT2D eigenvalue weighted by Gasteiger charge is -2.34. The fourth-order valence-electron chi connectivity index (χ4n) is 3.37. The minimum atomic E-state index is -3.54. The van der Waals surface area contributed by atoms with Crippen molar-refractivity contribution in [2.75, 3.05) is 10.7 Å². The molecule has 0 bridgehead atoms. The highest BCUT2D eigenvalue weighted by Gasteiger charge is 2.30. The fraction of sp³-hybridized carbons (Fsp3) is 0.0500. The number of para-hydroxylation sites is 1. The van der Waals surface area contributed by atoms with E-state index in [1.165, 1.54) is 16.0 Å². The van der Waals surface area contributed by atoms with Crippen LogP contribution in [0.15, 0.2) is 74.2 Å². The molecule has 0 atom stereocenters. The van der Waals surface area contributed by atoms with E-state index in [9.17, 15) is 19.0 Å². The summed E-state index contributed by atoms with van der Waals surface area (Å²) in [6.45, 7) is 0.272. The molecule has 0 unspecified atom stereocenters. The molecule has 0 saturated carbocycles. The molecule has 3 aromatic heterocycles. The highest BCUT2D eigenvalue weighted by molar-refractivity contribution is 8.23. The number of amidine groups is 1. The van der Waals surface area contributed by atoms with Gasteiger partial charge < -0.3 is 15.8 Å². The summed E-state index contributed by atoms with van der Waals surface area (Å²) in [5.74, 6) is -0.378. The maximum atomic E-state index is 13.4. The molecule has 1 aliphatic rings. The number of pyridine rings is 2. The quantitative estimate of drug-likeness (QED) is 0.316. The minimum absolute atomic E-state index is 0.107. The number of aromatic nitrogens is 2. The van der Waals surface area contributed by atoms with Gasteiger partial charge in [-0.1, -0.05) is 29.0 Å². The van der Waals surface area contributed by atoms with Crippen molar-refractivity contribution in [2.24, 2.45) is 4.40 Å². The van der Waals surface area contributed by atoms with Crippen LogP contribution < -0.4 is 16.3 Å². The summed E-state index contributed by atoms with van der Waals surface area (Å²) in [5.41, 5.74) is 3.93. The van der Waals surface area contributed by atoms with E-state index in [4.69, 9.17) is 0 Å². The van der Waals surface area contributed by atoms with Gasteiger partial charge in [-0.05, 0) is 35.7 Å². The van der Waals surface area contributed by atoms with E-state index < -0.39 is 16.3 Å². The first-order valence-electron chi connectivity index (χ1n) is 9.19. The number of nitrogens with one attached hydrogen (secondary N) is 2. The minimum Gasteiger partial charge on any atom is -0.505 e. The van der Waals surface area contributed by atoms with E-state index in [-0.39, 0.29) is 28.6 Å². The van der Waals surface area contributed by atoms with Gasteiger partial charge in [0.1, 0.15) is 10.5 Å². The molecule has 158 valence electrons. The van der Waals surface area contributed by atoms with Crippen LogP contribution in [0.2, 0.25) is 0 Å². The number of benzene rings is 1. The first-order valence-corrected chi connectivity index (χ1v) is 11.6. The van der Waals surface area contributed by atoms with Crippen LogP contribution in [-0.2, 0) is 6.54 Å². The standard InChI is InChI=1S/C20H17N5O4S2/c26-17-16(19-23-13-6-1-2-7-15(13)31(28,29)24-19)20(27)25(14-8-10-30-18(14)17)22-11-12-5-3-4-9-21-12/h1-10,22,26,28-29H,11H2,(H,23,24). The Kier molecular flexibility index (Phi) is 4.67. The summed E-state index contributed by atoms with van der Waals surface area (Å²) in [6, 6.07) is 13.8. The number of fused-ring (bicyclic) bond motifs is 2. The Morgan fingerprint density at radius 3 is 2.74 bits per heavy atom. The third-order valence-corrected chi connectivity index (χ3v) is 7.08. The molecule has 1 aliphatic heterocycles. The van der Waals surface area contributed by atoms with E-state index in [1.807, 2.05) is 12.1 Å². The number of thiophene rings is 1. The van der Waals surface area contributed by atoms with Crippen molar-refractivity contribution in [3.8, 4) is 5.75 Å². The Balaban J connectivity index is 1.65. The Morgan fingerprint density at radius 1 is 1.13 bits per heavy atom. The molecule has 0 aliphatic carbocycles. The zero-order valence-electron chi connectivity index (χ0n) is 15.9. The van der Waals surface area contributed by atoms with Gasteiger partial charge in [0.25, 0.3) is 5.56 Å². The Labute approximate surface area is 181 Å². The van der Waals surface area contributed by atoms with Crippen LogP contribution in [0.25, 0.3) is 10.2 Å². The van der Waals surface area contributed by atoms with E-state index in [0.717, 1.165) is 5.69 Å². The predicted molar refractivity (Wildman–Crippen MR) is 123 cm³/mol. The molecule has 9 nitrogen and oxygen atoms in total. The topological polar surface area (TPSA) is 132 Å². The number of nitrogens with zero attached hydrogens (tertiary/aromatic N) is 3. The van der Waals surface area contributed by atoms with Gasteiger partial charge in [-0.15, -0.1) is 15.7 Å². The zero-order valence-corrected chi connectivity index (χ0v) is 17.5. The van der Waals surface area contributed by atoms with Crippen molar-refractivity contribution >= 4 is 43.9 Å². The van der Waals surface area contributed by atoms with Gasteiger partial charge >= 0.3 is 0 Å². The summed E-state index contributed by atoms with van der Waals surface area (Å²) < 4.78 is 26.8. The fourth-order valence-corrected chi connectivity index (χ4v) is 5.36. The van der Waals surface area contributed by atoms with Crippen LogP contribution in [0.3, 0.4) is 0 Å². The smallest absolute Gasteiger partial charge is 0.284 e. The van der Waals surface area contributed by atoms with Crippen LogP contribution in [0.4, 0.5) is 5.69 Å². The highest BCUT2D eigenvalue weighted by Crippen LogP contribution is 2.55. The van der Waals surface area contributed by atoms with Crippen LogP contribution in [0, 0.1) is 0 Å². The normalized spacial score (nSPS) is 15.6. The van der Waals surface area contributed by atoms with Crippen molar-refractivity contribution in [3.05, 3.63) is 81.7 Å². The van der Waals surface area contributed by atoms with Crippen molar-refractivity contribution in [3.63, 3.8) is 0 Å². The van der Waals surface area contributed by atoms with Crippen LogP contribution in [-0.4, -0.2) is 29.7 Å². The van der Waals surface area contributed by atoms with Gasteiger partial charge in [-0.25, -0.2) is 4.68 Å². The molecule has 4 heterocycles. The van der Waals surface area contributed by atoms with Crippen molar-refractivity contribution in [1.29, 1.82) is 0 Å². The molecule has 5 N–H and O–H groups in total. The average Bonchev–Trinajstić information content (AvgIpc) is 3.24. The molecule has 1 aromatic carbocycles. The number of rotatable bonds is 4. The molecule has 11 heteroatoms. The number of aromatic hydroxyl groups is 1. The third-order valence-electron chi connectivity index (χ3n) is 4.79. The first-order chi connectivity index (χ1) is 15.0. The van der Waals surface area contributed by atoms with E-state index in [1.54, 1.807) is 48.0 Å². The summed E-state index contributed by atoms with van der Waals surface area (Å²) in [7, 11) is -3.54.